The molecule has 0 amide bonds. The van der Waals surface area contributed by atoms with E-state index in [1.165, 1.54) is 25.7 Å². The smallest absolute Gasteiger partial charge is 0.00659 e. The maximum Gasteiger partial charge on any atom is 0.00659 e. The van der Waals surface area contributed by atoms with Crippen LogP contribution in [0.4, 0.5) is 0 Å². The summed E-state index contributed by atoms with van der Waals surface area (Å²) < 4.78 is 0. The van der Waals surface area contributed by atoms with E-state index < -0.39 is 0 Å². The molecule has 0 aliphatic carbocycles. The molecular formula is C15H25Br. The number of hydrogen-bond donors (Lipinski definition) is 0. The topological polar surface area (TPSA) is 0 Å². The average Bonchev–Trinajstić information content (AvgIpc) is 2.31. The first-order valence-electron chi connectivity index (χ1n) is 6.42. The van der Waals surface area contributed by atoms with E-state index >= 15 is 0 Å². The molecule has 0 saturated carbocycles. The molecule has 0 aliphatic heterocycles. The van der Waals surface area contributed by atoms with E-state index in [1.54, 1.807) is 0 Å². The van der Waals surface area contributed by atoms with Crippen molar-refractivity contribution in [3.63, 3.8) is 0 Å². The van der Waals surface area contributed by atoms with Gasteiger partial charge in [-0.05, 0) is 32.1 Å². The van der Waals surface area contributed by atoms with Crippen molar-refractivity contribution in [2.75, 3.05) is 5.33 Å². The molecule has 0 aliphatic rings. The monoisotopic (exact) mass is 284 g/mol. The molecule has 0 saturated heterocycles. The molecule has 92 valence electrons. The van der Waals surface area contributed by atoms with Gasteiger partial charge in [-0.15, -0.1) is 0 Å². The minimum absolute atomic E-state index is 1.06. The van der Waals surface area contributed by atoms with Crippen molar-refractivity contribution in [3.8, 4) is 0 Å². The number of alkyl halides is 1. The van der Waals surface area contributed by atoms with Crippen molar-refractivity contribution < 1.29 is 0 Å². The minimum atomic E-state index is 1.06. The molecule has 0 heterocycles. The predicted octanol–water partition coefficient (Wildman–Crippen LogP) is 5.80. The first kappa shape index (κ1) is 15.7. The van der Waals surface area contributed by atoms with E-state index in [2.05, 4.69) is 59.3 Å². The fraction of sp³-hybridized carbons (Fsp3) is 0.600. The van der Waals surface area contributed by atoms with Crippen molar-refractivity contribution in [1.29, 1.82) is 0 Å². The zero-order valence-corrected chi connectivity index (χ0v) is 12.1. The van der Waals surface area contributed by atoms with Gasteiger partial charge in [-0.1, -0.05) is 72.2 Å². The van der Waals surface area contributed by atoms with E-state index in [-0.39, 0.29) is 0 Å². The molecule has 16 heavy (non-hydrogen) atoms. The van der Waals surface area contributed by atoms with Crippen LogP contribution in [-0.4, -0.2) is 5.33 Å². The van der Waals surface area contributed by atoms with Crippen LogP contribution in [0.15, 0.2) is 36.5 Å². The highest BCUT2D eigenvalue weighted by Gasteiger charge is 1.80. The molecular weight excluding hydrogens is 260 g/mol. The number of rotatable bonds is 10. The van der Waals surface area contributed by atoms with Crippen LogP contribution in [0.5, 0.6) is 0 Å². The highest BCUT2D eigenvalue weighted by Crippen LogP contribution is 2.00. The van der Waals surface area contributed by atoms with E-state index in [0.717, 1.165) is 24.6 Å². The molecule has 0 N–H and O–H groups in total. The lowest BCUT2D eigenvalue weighted by atomic mass is 10.2. The third-order valence-electron chi connectivity index (χ3n) is 2.29. The quantitative estimate of drug-likeness (QED) is 0.270. The van der Waals surface area contributed by atoms with Gasteiger partial charge in [0.2, 0.25) is 0 Å². The molecule has 0 unspecified atom stereocenters. The summed E-state index contributed by atoms with van der Waals surface area (Å²) in [4.78, 5) is 0. The second kappa shape index (κ2) is 14.7. The summed E-state index contributed by atoms with van der Waals surface area (Å²) in [7, 11) is 0. The van der Waals surface area contributed by atoms with Crippen LogP contribution < -0.4 is 0 Å². The van der Waals surface area contributed by atoms with Gasteiger partial charge >= 0.3 is 0 Å². The molecule has 0 fully saturated rings. The largest absolute Gasteiger partial charge is 0.0925 e. The van der Waals surface area contributed by atoms with Crippen LogP contribution in [-0.2, 0) is 0 Å². The Morgan fingerprint density at radius 2 is 1.31 bits per heavy atom. The van der Waals surface area contributed by atoms with Gasteiger partial charge in [0.05, 0.1) is 0 Å². The van der Waals surface area contributed by atoms with Crippen LogP contribution in [0.1, 0.15) is 51.9 Å². The van der Waals surface area contributed by atoms with Crippen LogP contribution in [0, 0.1) is 0 Å². The van der Waals surface area contributed by atoms with Crippen LogP contribution in [0.25, 0.3) is 0 Å². The SMILES string of the molecule is CCCCC/C=C\C/C=C\C/C=C\CCBr. The van der Waals surface area contributed by atoms with Gasteiger partial charge in [-0.3, -0.25) is 0 Å². The van der Waals surface area contributed by atoms with Crippen LogP contribution in [0.3, 0.4) is 0 Å². The van der Waals surface area contributed by atoms with Gasteiger partial charge in [-0.2, -0.15) is 0 Å². The second-order valence-corrected chi connectivity index (χ2v) is 4.65. The molecule has 0 aromatic carbocycles. The van der Waals surface area contributed by atoms with E-state index in [0.29, 0.717) is 0 Å². The summed E-state index contributed by atoms with van der Waals surface area (Å²) in [5.41, 5.74) is 0. The Balaban J connectivity index is 3.26. The number of hydrogen-bond acceptors (Lipinski definition) is 0. The molecule has 0 aromatic rings. The Morgan fingerprint density at radius 3 is 1.88 bits per heavy atom. The summed E-state index contributed by atoms with van der Waals surface area (Å²) in [6.45, 7) is 2.25. The highest BCUT2D eigenvalue weighted by molar-refractivity contribution is 9.09. The van der Waals surface area contributed by atoms with Gasteiger partial charge in [0.15, 0.2) is 0 Å². The summed E-state index contributed by atoms with van der Waals surface area (Å²) >= 11 is 3.40. The molecule has 1 heteroatoms. The maximum absolute atomic E-state index is 3.40. The molecule has 0 bridgehead atoms. The Bertz CT molecular complexity index is 201. The predicted molar refractivity (Wildman–Crippen MR) is 79.2 cm³/mol. The molecule has 0 spiro atoms. The Labute approximate surface area is 110 Å². The summed E-state index contributed by atoms with van der Waals surface area (Å²) in [6, 6.07) is 0. The lowest BCUT2D eigenvalue weighted by Crippen LogP contribution is -1.70. The first-order chi connectivity index (χ1) is 7.91. The van der Waals surface area contributed by atoms with Crippen molar-refractivity contribution in [2.24, 2.45) is 0 Å². The Morgan fingerprint density at radius 1 is 0.750 bits per heavy atom. The van der Waals surface area contributed by atoms with Gasteiger partial charge in [0.1, 0.15) is 0 Å². The average molecular weight is 285 g/mol. The normalized spacial score (nSPS) is 12.4. The zero-order chi connectivity index (χ0) is 11.9. The zero-order valence-electron chi connectivity index (χ0n) is 10.5. The Kier molecular flexibility index (Phi) is 14.4. The van der Waals surface area contributed by atoms with Crippen molar-refractivity contribution >= 4 is 15.9 Å². The second-order valence-electron chi connectivity index (χ2n) is 3.86. The van der Waals surface area contributed by atoms with E-state index in [4.69, 9.17) is 0 Å². The van der Waals surface area contributed by atoms with E-state index in [9.17, 15) is 0 Å². The fourth-order valence-electron chi connectivity index (χ4n) is 1.35. The lowest BCUT2D eigenvalue weighted by Gasteiger charge is -1.90. The van der Waals surface area contributed by atoms with Gasteiger partial charge in [0, 0.05) is 5.33 Å². The van der Waals surface area contributed by atoms with Gasteiger partial charge in [-0.25, -0.2) is 0 Å². The summed E-state index contributed by atoms with van der Waals surface area (Å²) in [6.07, 6.45) is 22.0. The van der Waals surface area contributed by atoms with Gasteiger partial charge < -0.3 is 0 Å². The minimum Gasteiger partial charge on any atom is -0.0925 e. The highest BCUT2D eigenvalue weighted by atomic mass is 79.9. The van der Waals surface area contributed by atoms with Crippen LogP contribution >= 0.6 is 15.9 Å². The number of halogens is 1. The van der Waals surface area contributed by atoms with Crippen molar-refractivity contribution in [1.82, 2.24) is 0 Å². The molecule has 0 aromatic heterocycles. The lowest BCUT2D eigenvalue weighted by molar-refractivity contribution is 0.728. The van der Waals surface area contributed by atoms with Crippen molar-refractivity contribution in [2.45, 2.75) is 51.9 Å². The summed E-state index contributed by atoms with van der Waals surface area (Å²) in [5.74, 6) is 0. The van der Waals surface area contributed by atoms with Gasteiger partial charge in [0.25, 0.3) is 0 Å². The first-order valence-corrected chi connectivity index (χ1v) is 7.55. The fourth-order valence-corrected chi connectivity index (χ4v) is 1.62. The van der Waals surface area contributed by atoms with Crippen LogP contribution in [0.2, 0.25) is 0 Å². The standard InChI is InChI=1S/C15H25Br/c1-2-3-4-5-6-7-8-9-10-11-12-13-14-15-16/h6-7,9-10,12-13H,2-5,8,11,14-15H2,1H3/b7-6-,10-9-,13-12-. The number of allylic oxidation sites excluding steroid dienone is 6. The molecule has 0 atom stereocenters. The Hall–Kier alpha value is -0.300. The molecule has 0 nitrogen and oxygen atoms in total. The van der Waals surface area contributed by atoms with Crippen molar-refractivity contribution in [3.05, 3.63) is 36.5 Å². The third-order valence-corrected chi connectivity index (χ3v) is 2.75. The van der Waals surface area contributed by atoms with E-state index in [1.807, 2.05) is 0 Å². The molecule has 0 radical (unpaired) electrons. The third kappa shape index (κ3) is 13.7. The maximum atomic E-state index is 3.40. The number of unbranched alkanes of at least 4 members (excludes halogenated alkanes) is 3. The summed E-state index contributed by atoms with van der Waals surface area (Å²) in [5, 5.41) is 1.06. The molecule has 0 rings (SSSR count).